The highest BCUT2D eigenvalue weighted by molar-refractivity contribution is 4.77. The van der Waals surface area contributed by atoms with Gasteiger partial charge in [-0.2, -0.15) is 0 Å². The Kier molecular flexibility index (Phi) is 7.87. The molecule has 1 rings (SSSR count). The van der Waals surface area contributed by atoms with Crippen molar-refractivity contribution in [3.8, 4) is 0 Å². The number of hydrogen-bond acceptors (Lipinski definition) is 2. The lowest BCUT2D eigenvalue weighted by Crippen LogP contribution is -2.41. The molecule has 102 valence electrons. The number of rotatable bonds is 7. The van der Waals surface area contributed by atoms with E-state index in [0.29, 0.717) is 6.04 Å². The van der Waals surface area contributed by atoms with Gasteiger partial charge in [-0.25, -0.2) is 0 Å². The van der Waals surface area contributed by atoms with Crippen molar-refractivity contribution in [1.29, 1.82) is 0 Å². The predicted molar refractivity (Wildman–Crippen MR) is 76.2 cm³/mol. The van der Waals surface area contributed by atoms with Crippen molar-refractivity contribution in [3.63, 3.8) is 0 Å². The Labute approximate surface area is 108 Å². The van der Waals surface area contributed by atoms with E-state index in [0.717, 1.165) is 12.5 Å². The summed E-state index contributed by atoms with van der Waals surface area (Å²) in [6, 6.07) is 0.650. The molecule has 1 aliphatic heterocycles. The van der Waals surface area contributed by atoms with Crippen molar-refractivity contribution in [3.05, 3.63) is 0 Å². The van der Waals surface area contributed by atoms with E-state index in [-0.39, 0.29) is 0 Å². The third kappa shape index (κ3) is 5.39. The fourth-order valence-electron chi connectivity index (χ4n) is 3.04. The van der Waals surface area contributed by atoms with Crippen LogP contribution in [0.2, 0.25) is 0 Å². The van der Waals surface area contributed by atoms with Gasteiger partial charge < -0.3 is 5.73 Å². The molecule has 0 bridgehead atoms. The molecule has 2 nitrogen and oxygen atoms in total. The first-order valence-electron chi connectivity index (χ1n) is 7.75. The van der Waals surface area contributed by atoms with Crippen LogP contribution in [0.3, 0.4) is 0 Å². The second-order valence-corrected chi connectivity index (χ2v) is 5.63. The normalized spacial score (nSPS) is 24.5. The van der Waals surface area contributed by atoms with Gasteiger partial charge in [0.2, 0.25) is 0 Å². The highest BCUT2D eigenvalue weighted by Crippen LogP contribution is 2.22. The Morgan fingerprint density at radius 3 is 2.65 bits per heavy atom. The van der Waals surface area contributed by atoms with E-state index < -0.39 is 0 Å². The van der Waals surface area contributed by atoms with Crippen LogP contribution in [0.5, 0.6) is 0 Å². The molecule has 0 radical (unpaired) electrons. The second kappa shape index (κ2) is 8.93. The molecule has 1 fully saturated rings. The molecular weight excluding hydrogens is 208 g/mol. The molecule has 0 aromatic rings. The fourth-order valence-corrected chi connectivity index (χ4v) is 3.04. The van der Waals surface area contributed by atoms with E-state index in [9.17, 15) is 0 Å². The van der Waals surface area contributed by atoms with Crippen molar-refractivity contribution in [2.24, 2.45) is 11.7 Å². The van der Waals surface area contributed by atoms with Gasteiger partial charge >= 0.3 is 0 Å². The zero-order chi connectivity index (χ0) is 12.5. The van der Waals surface area contributed by atoms with Crippen molar-refractivity contribution in [2.75, 3.05) is 19.6 Å². The zero-order valence-corrected chi connectivity index (χ0v) is 12.0. The van der Waals surface area contributed by atoms with E-state index in [4.69, 9.17) is 5.73 Å². The average Bonchev–Trinajstić information content (AvgIpc) is 2.60. The van der Waals surface area contributed by atoms with Gasteiger partial charge in [0.25, 0.3) is 0 Å². The molecule has 2 unspecified atom stereocenters. The Morgan fingerprint density at radius 1 is 1.18 bits per heavy atom. The molecule has 2 atom stereocenters. The average molecular weight is 240 g/mol. The minimum Gasteiger partial charge on any atom is -0.329 e. The Morgan fingerprint density at radius 2 is 2.00 bits per heavy atom. The number of nitrogens with two attached hydrogens (primary N) is 1. The summed E-state index contributed by atoms with van der Waals surface area (Å²) >= 11 is 0. The lowest BCUT2D eigenvalue weighted by Gasteiger charge is -2.29. The monoisotopic (exact) mass is 240 g/mol. The van der Waals surface area contributed by atoms with E-state index >= 15 is 0 Å². The molecule has 17 heavy (non-hydrogen) atoms. The quantitative estimate of drug-likeness (QED) is 0.691. The molecule has 0 saturated carbocycles. The van der Waals surface area contributed by atoms with Crippen LogP contribution in [0, 0.1) is 5.92 Å². The van der Waals surface area contributed by atoms with Gasteiger partial charge in [0.1, 0.15) is 0 Å². The molecule has 1 aliphatic rings. The van der Waals surface area contributed by atoms with Gasteiger partial charge in [-0.1, -0.05) is 39.5 Å². The topological polar surface area (TPSA) is 29.3 Å². The smallest absolute Gasteiger partial charge is 0.0218 e. The predicted octanol–water partition coefficient (Wildman–Crippen LogP) is 3.41. The van der Waals surface area contributed by atoms with Gasteiger partial charge in [-0.15, -0.1) is 0 Å². The Hall–Kier alpha value is -0.0800. The number of nitrogens with zero attached hydrogens (tertiary/aromatic N) is 1. The second-order valence-electron chi connectivity index (χ2n) is 5.63. The first-order valence-corrected chi connectivity index (χ1v) is 7.75. The summed E-state index contributed by atoms with van der Waals surface area (Å²) in [6.07, 6.45) is 10.9. The summed E-state index contributed by atoms with van der Waals surface area (Å²) in [5.74, 6) is 0.967. The molecular formula is C15H32N2. The first kappa shape index (κ1) is 15.0. The minimum atomic E-state index is 0.650. The zero-order valence-electron chi connectivity index (χ0n) is 12.0. The van der Waals surface area contributed by atoms with Gasteiger partial charge in [-0.05, 0) is 44.7 Å². The number of unbranched alkanes of at least 4 members (excludes halogenated alkanes) is 2. The third-order valence-corrected chi connectivity index (χ3v) is 4.39. The fraction of sp³-hybridized carbons (Fsp3) is 1.00. The molecule has 1 heterocycles. The molecule has 2 heteroatoms. The van der Waals surface area contributed by atoms with Crippen LogP contribution >= 0.6 is 0 Å². The molecule has 1 saturated heterocycles. The Bertz CT molecular complexity index is 182. The summed E-state index contributed by atoms with van der Waals surface area (Å²) < 4.78 is 0. The number of hydrogen-bond donors (Lipinski definition) is 1. The van der Waals surface area contributed by atoms with Gasteiger partial charge in [0, 0.05) is 12.6 Å². The van der Waals surface area contributed by atoms with Gasteiger partial charge in [0.05, 0.1) is 0 Å². The van der Waals surface area contributed by atoms with E-state index in [1.807, 2.05) is 0 Å². The summed E-state index contributed by atoms with van der Waals surface area (Å²) in [5.41, 5.74) is 5.96. The number of likely N-dealkylation sites (tertiary alicyclic amines) is 1. The van der Waals surface area contributed by atoms with Crippen molar-refractivity contribution in [1.82, 2.24) is 4.90 Å². The van der Waals surface area contributed by atoms with Crippen molar-refractivity contribution in [2.45, 2.75) is 71.3 Å². The molecule has 0 aromatic carbocycles. The van der Waals surface area contributed by atoms with Crippen molar-refractivity contribution >= 4 is 0 Å². The van der Waals surface area contributed by atoms with Crippen LogP contribution in [0.15, 0.2) is 0 Å². The Balaban J connectivity index is 2.34. The lowest BCUT2D eigenvalue weighted by atomic mass is 9.98. The maximum atomic E-state index is 5.96. The highest BCUT2D eigenvalue weighted by Gasteiger charge is 2.21. The van der Waals surface area contributed by atoms with Crippen LogP contribution in [0.1, 0.15) is 65.2 Å². The molecule has 0 spiro atoms. The van der Waals surface area contributed by atoms with E-state index in [2.05, 4.69) is 18.7 Å². The molecule has 0 amide bonds. The van der Waals surface area contributed by atoms with Gasteiger partial charge in [0.15, 0.2) is 0 Å². The SMILES string of the molecule is CCCCCC(CN)N1CCCC(CC)CC1. The van der Waals surface area contributed by atoms with E-state index in [1.54, 1.807) is 0 Å². The summed E-state index contributed by atoms with van der Waals surface area (Å²) in [7, 11) is 0. The largest absolute Gasteiger partial charge is 0.329 e. The molecule has 0 aliphatic carbocycles. The molecule has 2 N–H and O–H groups in total. The van der Waals surface area contributed by atoms with E-state index in [1.165, 1.54) is 64.5 Å². The summed E-state index contributed by atoms with van der Waals surface area (Å²) in [5, 5.41) is 0. The summed E-state index contributed by atoms with van der Waals surface area (Å²) in [6.45, 7) is 8.02. The van der Waals surface area contributed by atoms with Crippen LogP contribution in [0.4, 0.5) is 0 Å². The van der Waals surface area contributed by atoms with Crippen LogP contribution in [0.25, 0.3) is 0 Å². The first-order chi connectivity index (χ1) is 8.31. The molecule has 0 aromatic heterocycles. The maximum Gasteiger partial charge on any atom is 0.0218 e. The standard InChI is InChI=1S/C15H32N2/c1-3-5-6-9-15(13-16)17-11-7-8-14(4-2)10-12-17/h14-15H,3-13,16H2,1-2H3. The van der Waals surface area contributed by atoms with Crippen LogP contribution in [-0.2, 0) is 0 Å². The highest BCUT2D eigenvalue weighted by atomic mass is 15.2. The van der Waals surface area contributed by atoms with Crippen molar-refractivity contribution < 1.29 is 0 Å². The minimum absolute atomic E-state index is 0.650. The van der Waals surface area contributed by atoms with Crippen LogP contribution < -0.4 is 5.73 Å². The van der Waals surface area contributed by atoms with Gasteiger partial charge in [-0.3, -0.25) is 4.90 Å². The lowest BCUT2D eigenvalue weighted by molar-refractivity contribution is 0.192. The maximum absolute atomic E-state index is 5.96. The van der Waals surface area contributed by atoms with Crippen LogP contribution in [-0.4, -0.2) is 30.6 Å². The third-order valence-electron chi connectivity index (χ3n) is 4.39. The summed E-state index contributed by atoms with van der Waals surface area (Å²) in [4.78, 5) is 2.67.